The van der Waals surface area contributed by atoms with Crippen LogP contribution in [0, 0.1) is 3.57 Å². The fourth-order valence-electron chi connectivity index (χ4n) is 1.65. The molecule has 2 aromatic rings. The van der Waals surface area contributed by atoms with E-state index in [1.807, 2.05) is 24.3 Å². The van der Waals surface area contributed by atoms with Gasteiger partial charge in [0.25, 0.3) is 5.91 Å². The van der Waals surface area contributed by atoms with Crippen LogP contribution in [0.3, 0.4) is 0 Å². The number of phenolic OH excluding ortho intramolecular Hbond substituents is 1. The highest BCUT2D eigenvalue weighted by Gasteiger charge is 2.06. The lowest BCUT2D eigenvalue weighted by Gasteiger charge is -2.08. The predicted octanol–water partition coefficient (Wildman–Crippen LogP) is 4.05. The summed E-state index contributed by atoms with van der Waals surface area (Å²) in [5.74, 6) is -0.206. The van der Waals surface area contributed by atoms with Crippen LogP contribution in [0.5, 0.6) is 5.75 Å². The van der Waals surface area contributed by atoms with Gasteiger partial charge in [-0.1, -0.05) is 0 Å². The minimum atomic E-state index is -0.347. The molecule has 0 fully saturated rings. The molecular weight excluding hydrogens is 541 g/mol. The van der Waals surface area contributed by atoms with E-state index in [1.54, 1.807) is 12.1 Å². The number of rotatable bonds is 5. The molecule has 2 aromatic carbocycles. The van der Waals surface area contributed by atoms with Gasteiger partial charge in [0.05, 0.1) is 20.8 Å². The van der Waals surface area contributed by atoms with Gasteiger partial charge in [-0.15, -0.1) is 0 Å². The highest BCUT2D eigenvalue weighted by molar-refractivity contribution is 14.1. The van der Waals surface area contributed by atoms with Crippen molar-refractivity contribution in [2.75, 3.05) is 0 Å². The molecule has 0 bridgehead atoms. The van der Waals surface area contributed by atoms with Crippen LogP contribution in [0.1, 0.15) is 5.56 Å². The molecule has 120 valence electrons. The van der Waals surface area contributed by atoms with Crippen molar-refractivity contribution >= 4 is 72.3 Å². The van der Waals surface area contributed by atoms with Gasteiger partial charge >= 0.3 is 0 Å². The summed E-state index contributed by atoms with van der Waals surface area (Å²) in [5, 5.41) is 9.64. The van der Waals surface area contributed by atoms with Crippen molar-refractivity contribution in [3.8, 4) is 5.75 Å². The first kappa shape index (κ1) is 18.4. The average Bonchev–Trinajstić information content (AvgIpc) is 2.52. The second kappa shape index (κ2) is 8.76. The van der Waals surface area contributed by atoms with Crippen LogP contribution in [-0.2, 0) is 11.3 Å². The van der Waals surface area contributed by atoms with Crippen LogP contribution >= 0.6 is 54.5 Å². The Morgan fingerprint density at radius 1 is 1.22 bits per heavy atom. The maximum Gasteiger partial charge on any atom is 0.276 e. The molecule has 0 saturated heterocycles. The van der Waals surface area contributed by atoms with Crippen LogP contribution < -0.4 is 10.9 Å². The Morgan fingerprint density at radius 2 is 1.83 bits per heavy atom. The Hall–Kier alpha value is -0.970. The fraction of sp³-hybridized carbons (Fsp3) is 0.0667. The summed E-state index contributed by atoms with van der Waals surface area (Å²) in [6.07, 6.45) is 1.22. The molecule has 0 aromatic heterocycles. The molecule has 0 radical (unpaired) electrons. The van der Waals surface area contributed by atoms with E-state index in [9.17, 15) is 9.90 Å². The zero-order chi connectivity index (χ0) is 16.8. The molecule has 0 heterocycles. The molecule has 2 rings (SSSR count). The third kappa shape index (κ3) is 5.87. The van der Waals surface area contributed by atoms with E-state index in [2.05, 4.69) is 70.3 Å². The second-order valence-corrected chi connectivity index (χ2v) is 7.44. The average molecular weight is 553 g/mol. The third-order valence-corrected chi connectivity index (χ3v) is 4.67. The summed E-state index contributed by atoms with van der Waals surface area (Å²) >= 11 is 8.72. The molecule has 3 N–H and O–H groups in total. The number of amides is 1. The minimum absolute atomic E-state index is 0.141. The van der Waals surface area contributed by atoms with Gasteiger partial charge in [-0.25, -0.2) is 5.43 Å². The van der Waals surface area contributed by atoms with E-state index in [4.69, 9.17) is 0 Å². The number of carbonyl (C=O) groups is 1. The second-order valence-electron chi connectivity index (χ2n) is 4.49. The van der Waals surface area contributed by atoms with Gasteiger partial charge in [-0.3, -0.25) is 15.2 Å². The highest BCUT2D eigenvalue weighted by atomic mass is 127. The van der Waals surface area contributed by atoms with Crippen molar-refractivity contribution in [3.05, 3.63) is 54.5 Å². The Labute approximate surface area is 164 Å². The maximum absolute atomic E-state index is 11.7. The Balaban J connectivity index is 1.84. The molecule has 5 nitrogen and oxygen atoms in total. The van der Waals surface area contributed by atoms with Crippen molar-refractivity contribution in [3.63, 3.8) is 0 Å². The van der Waals surface area contributed by atoms with Crippen molar-refractivity contribution < 1.29 is 9.90 Å². The van der Waals surface area contributed by atoms with Crippen molar-refractivity contribution in [1.29, 1.82) is 0 Å². The first-order valence-electron chi connectivity index (χ1n) is 6.45. The van der Waals surface area contributed by atoms with E-state index in [-0.39, 0.29) is 11.7 Å². The summed E-state index contributed by atoms with van der Waals surface area (Å²) in [4.78, 5) is 15.8. The van der Waals surface area contributed by atoms with Crippen LogP contribution in [-0.4, -0.2) is 17.2 Å². The highest BCUT2D eigenvalue weighted by Crippen LogP contribution is 2.33. The lowest BCUT2D eigenvalue weighted by molar-refractivity contribution is -0.115. The van der Waals surface area contributed by atoms with E-state index in [0.717, 1.165) is 9.13 Å². The fourth-order valence-corrected chi connectivity index (χ4v) is 3.29. The normalized spacial score (nSPS) is 10.9. The summed E-state index contributed by atoms with van der Waals surface area (Å²) < 4.78 is 2.27. The number of phenols is 1. The quantitative estimate of drug-likeness (QED) is 0.298. The third-order valence-electron chi connectivity index (χ3n) is 2.74. The molecule has 0 saturated carbocycles. The molecule has 23 heavy (non-hydrogen) atoms. The number of hydrogen-bond acceptors (Lipinski definition) is 4. The topological polar surface area (TPSA) is 73.7 Å². The molecule has 0 atom stereocenters. The number of hydrogen-bond donors (Lipinski definition) is 3. The van der Waals surface area contributed by atoms with Gasteiger partial charge in [-0.05, 0) is 96.4 Å². The minimum Gasteiger partial charge on any atom is -0.506 e. The summed E-state index contributed by atoms with van der Waals surface area (Å²) in [5.41, 5.74) is 6.94. The van der Waals surface area contributed by atoms with Crippen LogP contribution in [0.4, 0.5) is 5.69 Å². The van der Waals surface area contributed by atoms with Gasteiger partial charge in [-0.2, -0.15) is 0 Å². The van der Waals surface area contributed by atoms with E-state index in [1.165, 1.54) is 6.21 Å². The van der Waals surface area contributed by atoms with Crippen LogP contribution in [0.25, 0.3) is 0 Å². The number of aliphatic imine (C=N–C) groups is 1. The zero-order valence-corrected chi connectivity index (χ0v) is 17.0. The van der Waals surface area contributed by atoms with Crippen LogP contribution in [0.2, 0.25) is 0 Å². The smallest absolute Gasteiger partial charge is 0.276 e. The Kier molecular flexibility index (Phi) is 7.00. The molecule has 0 aliphatic carbocycles. The molecule has 0 unspecified atom stereocenters. The molecule has 0 aliphatic heterocycles. The number of carbonyl (C=O) groups excluding carboxylic acids is 1. The lowest BCUT2D eigenvalue weighted by atomic mass is 10.2. The number of benzene rings is 2. The molecule has 0 aliphatic rings. The first-order valence-corrected chi connectivity index (χ1v) is 9.11. The first-order chi connectivity index (χ1) is 11.0. The molecule has 0 spiro atoms. The summed E-state index contributed by atoms with van der Waals surface area (Å²) in [6.45, 7) is 0.403. The monoisotopic (exact) mass is 551 g/mol. The van der Waals surface area contributed by atoms with Crippen molar-refractivity contribution in [2.24, 2.45) is 4.99 Å². The molecule has 1 amide bonds. The van der Waals surface area contributed by atoms with Crippen LogP contribution in [0.15, 0.2) is 50.3 Å². The van der Waals surface area contributed by atoms with E-state index >= 15 is 0 Å². The van der Waals surface area contributed by atoms with Crippen molar-refractivity contribution in [2.45, 2.75) is 6.54 Å². The number of nitrogens with one attached hydrogen (secondary N) is 2. The van der Waals surface area contributed by atoms with Gasteiger partial charge in [0.2, 0.25) is 0 Å². The molecule has 8 heteroatoms. The number of hydrazine groups is 1. The number of aromatic hydroxyl groups is 1. The summed E-state index contributed by atoms with van der Waals surface area (Å²) in [6, 6.07) is 11.0. The SMILES string of the molecule is O=C(C=Nc1ccc(I)cc1)NNCc1cc(Br)c(O)c(Br)c1. The largest absolute Gasteiger partial charge is 0.506 e. The Bertz CT molecular complexity index is 713. The van der Waals surface area contributed by atoms with Gasteiger partial charge in [0.15, 0.2) is 0 Å². The van der Waals surface area contributed by atoms with Gasteiger partial charge in [0.1, 0.15) is 5.75 Å². The Morgan fingerprint density at radius 3 is 2.43 bits per heavy atom. The number of halogens is 3. The number of nitrogens with zero attached hydrogens (tertiary/aromatic N) is 1. The van der Waals surface area contributed by atoms with Crippen molar-refractivity contribution in [1.82, 2.24) is 10.9 Å². The summed E-state index contributed by atoms with van der Waals surface area (Å²) in [7, 11) is 0. The van der Waals surface area contributed by atoms with Gasteiger partial charge < -0.3 is 5.11 Å². The maximum atomic E-state index is 11.7. The van der Waals surface area contributed by atoms with E-state index < -0.39 is 0 Å². The zero-order valence-electron chi connectivity index (χ0n) is 11.7. The standard InChI is InChI=1S/C15H12Br2IN3O2/c16-12-5-9(6-13(17)15(12)23)7-20-21-14(22)8-19-11-3-1-10(18)2-4-11/h1-6,8,20,23H,7H2,(H,21,22). The molecular formula is C15H12Br2IN3O2. The van der Waals surface area contributed by atoms with Gasteiger partial charge in [0, 0.05) is 10.1 Å². The predicted molar refractivity (Wildman–Crippen MR) is 106 cm³/mol. The lowest BCUT2D eigenvalue weighted by Crippen LogP contribution is -2.37. The van der Waals surface area contributed by atoms with E-state index in [0.29, 0.717) is 21.2 Å².